The van der Waals surface area contributed by atoms with E-state index in [2.05, 4.69) is 34.8 Å². The fourth-order valence-electron chi connectivity index (χ4n) is 4.53. The van der Waals surface area contributed by atoms with E-state index in [4.69, 9.17) is 9.47 Å². The molecule has 0 aromatic carbocycles. The van der Waals surface area contributed by atoms with Crippen LogP contribution in [0.25, 0.3) is 0 Å². The molecule has 30 heavy (non-hydrogen) atoms. The highest BCUT2D eigenvalue weighted by molar-refractivity contribution is 6.76. The molecule has 2 bridgehead atoms. The van der Waals surface area contributed by atoms with Crippen molar-refractivity contribution in [2.45, 2.75) is 87.4 Å². The first-order valence-corrected chi connectivity index (χ1v) is 14.0. The summed E-state index contributed by atoms with van der Waals surface area (Å²) < 4.78 is 53.4. The molecule has 4 saturated carbocycles. The number of nitrogens with one attached hydrogen (secondary N) is 1. The van der Waals surface area contributed by atoms with Crippen molar-refractivity contribution >= 4 is 14.2 Å². The van der Waals surface area contributed by atoms with Crippen LogP contribution in [0.3, 0.4) is 0 Å². The largest absolute Gasteiger partial charge is 0.522 e. The summed E-state index contributed by atoms with van der Waals surface area (Å²) in [4.78, 5) is 12.0. The minimum atomic E-state index is -4.60. The van der Waals surface area contributed by atoms with Crippen molar-refractivity contribution in [3.63, 3.8) is 0 Å². The van der Waals surface area contributed by atoms with Gasteiger partial charge in [-0.2, -0.15) is 5.10 Å². The number of nitrogens with zero attached hydrogens (tertiary/aromatic N) is 2. The van der Waals surface area contributed by atoms with Gasteiger partial charge in [0.2, 0.25) is 0 Å². The van der Waals surface area contributed by atoms with Crippen molar-refractivity contribution in [3.05, 3.63) is 12.4 Å². The summed E-state index contributed by atoms with van der Waals surface area (Å²) in [5.41, 5.74) is -0.325. The molecule has 1 heterocycles. The Kier molecular flexibility index (Phi) is 5.12. The van der Waals surface area contributed by atoms with Crippen LogP contribution in [0.4, 0.5) is 18.0 Å². The summed E-state index contributed by atoms with van der Waals surface area (Å²) in [5.74, 6) is 0.544. The third-order valence-electron chi connectivity index (χ3n) is 6.15. The lowest BCUT2D eigenvalue weighted by atomic mass is 9.44. The maximum atomic E-state index is 12.2. The van der Waals surface area contributed by atoms with Crippen LogP contribution in [0.2, 0.25) is 25.7 Å². The molecule has 5 rings (SSSR count). The van der Waals surface area contributed by atoms with Gasteiger partial charge in [-0.15, -0.1) is 13.2 Å². The van der Waals surface area contributed by atoms with Gasteiger partial charge < -0.3 is 14.8 Å². The van der Waals surface area contributed by atoms with Gasteiger partial charge in [-0.3, -0.25) is 9.42 Å². The SMILES string of the molecule is C[Si](C)(C)CCOC(=O)NC12CC(n3cc(OC4CC(OC(F)(F)F)C4)cn3)(C1)C2. The van der Waals surface area contributed by atoms with E-state index in [9.17, 15) is 18.0 Å². The fourth-order valence-corrected chi connectivity index (χ4v) is 5.24. The van der Waals surface area contributed by atoms with E-state index < -0.39 is 20.5 Å². The van der Waals surface area contributed by atoms with Crippen LogP contribution in [0.5, 0.6) is 5.75 Å². The molecule has 7 nitrogen and oxygen atoms in total. The maximum Gasteiger partial charge on any atom is 0.522 e. The number of alkyl halides is 3. The van der Waals surface area contributed by atoms with Gasteiger partial charge in [0.05, 0.1) is 36.2 Å². The number of hydrogen-bond acceptors (Lipinski definition) is 5. The first kappa shape index (κ1) is 21.5. The van der Waals surface area contributed by atoms with Crippen LogP contribution >= 0.6 is 0 Å². The van der Waals surface area contributed by atoms with Crippen molar-refractivity contribution in [2.75, 3.05) is 6.61 Å². The van der Waals surface area contributed by atoms with Crippen LogP contribution in [0, 0.1) is 0 Å². The second-order valence-corrected chi connectivity index (χ2v) is 15.7. The topological polar surface area (TPSA) is 74.6 Å². The lowest BCUT2D eigenvalue weighted by molar-refractivity contribution is -0.355. The standard InChI is InChI=1S/C19H28F3N3O4Si/c1-30(2,3)5-4-27-16(26)24-17-10-18(11-17,12-17)25-9-15(8-23-25)28-13-6-14(7-13)29-19(20,21)22/h8-9,13-14H,4-7,10-12H2,1-3H3,(H,24,26). The van der Waals surface area contributed by atoms with E-state index in [1.807, 2.05) is 4.68 Å². The third kappa shape index (κ3) is 4.61. The molecule has 4 fully saturated rings. The number of amides is 1. The van der Waals surface area contributed by atoms with Crippen LogP contribution in [-0.2, 0) is 15.0 Å². The normalized spacial score (nSPS) is 32.5. The van der Waals surface area contributed by atoms with E-state index in [1.165, 1.54) is 0 Å². The Morgan fingerprint density at radius 1 is 1.27 bits per heavy atom. The number of alkyl carbamates (subject to hydrolysis) is 1. The molecular weight excluding hydrogens is 419 g/mol. The van der Waals surface area contributed by atoms with E-state index in [-0.39, 0.29) is 36.1 Å². The summed E-state index contributed by atoms with van der Waals surface area (Å²) in [6.45, 7) is 7.17. The Bertz CT molecular complexity index is 782. The highest BCUT2D eigenvalue weighted by Gasteiger charge is 2.70. The third-order valence-corrected chi connectivity index (χ3v) is 7.86. The van der Waals surface area contributed by atoms with Gasteiger partial charge in [-0.25, -0.2) is 4.79 Å². The van der Waals surface area contributed by atoms with Crippen LogP contribution in [0.15, 0.2) is 12.4 Å². The maximum absolute atomic E-state index is 12.2. The highest BCUT2D eigenvalue weighted by Crippen LogP contribution is 2.65. The summed E-state index contributed by atoms with van der Waals surface area (Å²) in [6, 6.07) is 0.942. The van der Waals surface area contributed by atoms with Gasteiger partial charge in [-0.1, -0.05) is 19.6 Å². The first-order chi connectivity index (χ1) is 13.9. The van der Waals surface area contributed by atoms with Gasteiger partial charge in [0, 0.05) is 20.9 Å². The number of ether oxygens (including phenoxy) is 3. The number of halogens is 3. The molecule has 0 radical (unpaired) electrons. The Labute approximate surface area is 174 Å². The fraction of sp³-hybridized carbons (Fsp3) is 0.789. The second kappa shape index (κ2) is 7.15. The molecule has 1 amide bonds. The van der Waals surface area contributed by atoms with Crippen LogP contribution < -0.4 is 10.1 Å². The zero-order chi connectivity index (χ0) is 21.8. The molecule has 11 heteroatoms. The van der Waals surface area contributed by atoms with E-state index in [0.29, 0.717) is 12.4 Å². The van der Waals surface area contributed by atoms with Crippen molar-refractivity contribution in [2.24, 2.45) is 0 Å². The highest BCUT2D eigenvalue weighted by atomic mass is 28.3. The Balaban J connectivity index is 1.19. The molecule has 1 aromatic rings. The molecule has 0 atom stereocenters. The zero-order valence-corrected chi connectivity index (χ0v) is 18.4. The molecule has 0 aliphatic heterocycles. The Morgan fingerprint density at radius 2 is 1.93 bits per heavy atom. The number of carbonyl (C=O) groups excluding carboxylic acids is 1. The van der Waals surface area contributed by atoms with Gasteiger partial charge in [-0.05, 0) is 25.3 Å². The molecule has 0 saturated heterocycles. The monoisotopic (exact) mass is 447 g/mol. The second-order valence-electron chi connectivity index (χ2n) is 10.1. The van der Waals surface area contributed by atoms with Crippen LogP contribution in [-0.4, -0.2) is 54.7 Å². The summed E-state index contributed by atoms with van der Waals surface area (Å²) in [7, 11) is -1.23. The van der Waals surface area contributed by atoms with E-state index >= 15 is 0 Å². The summed E-state index contributed by atoms with van der Waals surface area (Å²) in [5, 5.41) is 7.36. The van der Waals surface area contributed by atoms with Gasteiger partial charge >= 0.3 is 12.5 Å². The quantitative estimate of drug-likeness (QED) is 0.609. The van der Waals surface area contributed by atoms with Crippen molar-refractivity contribution in [1.29, 1.82) is 0 Å². The van der Waals surface area contributed by atoms with Gasteiger partial charge in [0.15, 0.2) is 5.75 Å². The molecule has 0 spiro atoms. The molecule has 4 aliphatic carbocycles. The minimum Gasteiger partial charge on any atom is -0.487 e. The van der Waals surface area contributed by atoms with Gasteiger partial charge in [0.25, 0.3) is 0 Å². The van der Waals surface area contributed by atoms with E-state index in [1.54, 1.807) is 12.4 Å². The predicted molar refractivity (Wildman–Crippen MR) is 104 cm³/mol. The predicted octanol–water partition coefficient (Wildman–Crippen LogP) is 4.03. The number of aromatic nitrogens is 2. The smallest absolute Gasteiger partial charge is 0.487 e. The van der Waals surface area contributed by atoms with Gasteiger partial charge in [0.1, 0.15) is 6.10 Å². The van der Waals surface area contributed by atoms with Crippen molar-refractivity contribution in [3.8, 4) is 5.75 Å². The number of carbonyl (C=O) groups is 1. The molecule has 1 N–H and O–H groups in total. The van der Waals surface area contributed by atoms with Crippen LogP contribution in [0.1, 0.15) is 32.1 Å². The molecule has 168 valence electrons. The minimum absolute atomic E-state index is 0.116. The van der Waals surface area contributed by atoms with Crippen molar-refractivity contribution in [1.82, 2.24) is 15.1 Å². The average molecular weight is 448 g/mol. The molecule has 4 aliphatic rings. The van der Waals surface area contributed by atoms with Crippen molar-refractivity contribution < 1.29 is 32.2 Å². The summed E-state index contributed by atoms with van der Waals surface area (Å²) in [6.07, 6.45) is 0.0733. The Hall–Kier alpha value is -1.75. The zero-order valence-electron chi connectivity index (χ0n) is 17.4. The molecule has 0 unspecified atom stereocenters. The molecule has 1 aromatic heterocycles. The molecular formula is C19H28F3N3O4Si. The lowest BCUT2D eigenvalue weighted by Gasteiger charge is -2.69. The average Bonchev–Trinajstić information content (AvgIpc) is 2.93. The van der Waals surface area contributed by atoms with E-state index in [0.717, 1.165) is 25.3 Å². The summed E-state index contributed by atoms with van der Waals surface area (Å²) >= 11 is 0. The number of rotatable bonds is 8. The first-order valence-electron chi connectivity index (χ1n) is 10.3. The Morgan fingerprint density at radius 3 is 2.53 bits per heavy atom. The lowest BCUT2D eigenvalue weighted by Crippen LogP contribution is -2.78. The number of hydrogen-bond donors (Lipinski definition) is 1.